The van der Waals surface area contributed by atoms with E-state index in [9.17, 15) is 9.59 Å². The molecule has 0 aliphatic carbocycles. The number of ether oxygens (including phenoxy) is 1. The number of nitrogens with zero attached hydrogens (tertiary/aromatic N) is 2. The number of nitrogens with one attached hydrogen (secondary N) is 1. The Labute approximate surface area is 138 Å². The van der Waals surface area contributed by atoms with E-state index >= 15 is 0 Å². The average molecular weight is 331 g/mol. The van der Waals surface area contributed by atoms with Crippen molar-refractivity contribution < 1.29 is 14.3 Å². The van der Waals surface area contributed by atoms with E-state index in [1.807, 2.05) is 0 Å². The molecular weight excluding hydrogens is 314 g/mol. The molecule has 2 aromatic rings. The first-order valence-corrected chi connectivity index (χ1v) is 8.07. The van der Waals surface area contributed by atoms with E-state index in [0.717, 1.165) is 6.42 Å². The van der Waals surface area contributed by atoms with Crippen molar-refractivity contribution in [1.29, 1.82) is 0 Å². The highest BCUT2D eigenvalue weighted by molar-refractivity contribution is 7.12. The van der Waals surface area contributed by atoms with Crippen molar-refractivity contribution >= 4 is 29.2 Å². The van der Waals surface area contributed by atoms with Gasteiger partial charge in [-0.1, -0.05) is 0 Å². The van der Waals surface area contributed by atoms with Crippen LogP contribution in [0, 0.1) is 6.92 Å². The summed E-state index contributed by atoms with van der Waals surface area (Å²) in [6.45, 7) is 3.39. The van der Waals surface area contributed by atoms with Crippen LogP contribution in [-0.4, -0.2) is 35.5 Å². The van der Waals surface area contributed by atoms with E-state index in [0.29, 0.717) is 24.5 Å². The number of pyridine rings is 1. The molecule has 0 atom stereocenters. The molecule has 1 N–H and O–H groups in total. The van der Waals surface area contributed by atoms with Gasteiger partial charge in [0.2, 0.25) is 0 Å². The summed E-state index contributed by atoms with van der Waals surface area (Å²) in [5, 5.41) is 2.76. The monoisotopic (exact) mass is 331 g/mol. The number of aromatic nitrogens is 1. The molecule has 3 rings (SSSR count). The van der Waals surface area contributed by atoms with Gasteiger partial charge in [-0.3, -0.25) is 5.32 Å². The van der Waals surface area contributed by atoms with Crippen molar-refractivity contribution in [3.63, 3.8) is 0 Å². The molecule has 0 saturated heterocycles. The number of carbonyl (C=O) groups excluding carboxylic acids is 2. The van der Waals surface area contributed by atoms with Crippen LogP contribution < -0.4 is 5.32 Å². The SMILES string of the molecule is COC(=O)c1ccc(NC(=O)N2CCc3sc(C)cc3C2)nc1. The molecule has 6 nitrogen and oxygen atoms in total. The zero-order valence-corrected chi connectivity index (χ0v) is 13.8. The predicted octanol–water partition coefficient (Wildman–Crippen LogP) is 2.83. The number of fused-ring (bicyclic) bond motifs is 1. The highest BCUT2D eigenvalue weighted by atomic mass is 32.1. The van der Waals surface area contributed by atoms with Gasteiger partial charge in [-0.15, -0.1) is 11.3 Å². The number of hydrogen-bond donors (Lipinski definition) is 1. The van der Waals surface area contributed by atoms with E-state index in [1.165, 1.54) is 28.6 Å². The van der Waals surface area contributed by atoms with Crippen LogP contribution in [0.4, 0.5) is 10.6 Å². The van der Waals surface area contributed by atoms with Gasteiger partial charge in [0.1, 0.15) is 5.82 Å². The van der Waals surface area contributed by atoms with Gasteiger partial charge < -0.3 is 9.64 Å². The molecule has 0 fully saturated rings. The Bertz CT molecular complexity index is 740. The highest BCUT2D eigenvalue weighted by Gasteiger charge is 2.22. The van der Waals surface area contributed by atoms with E-state index < -0.39 is 5.97 Å². The number of esters is 1. The molecule has 2 amide bonds. The predicted molar refractivity (Wildman–Crippen MR) is 87.8 cm³/mol. The van der Waals surface area contributed by atoms with Crippen molar-refractivity contribution in [3.8, 4) is 0 Å². The van der Waals surface area contributed by atoms with Gasteiger partial charge >= 0.3 is 12.0 Å². The van der Waals surface area contributed by atoms with Crippen molar-refractivity contribution in [2.24, 2.45) is 0 Å². The molecule has 0 bridgehead atoms. The van der Waals surface area contributed by atoms with Gasteiger partial charge in [0, 0.05) is 29.0 Å². The van der Waals surface area contributed by atoms with E-state index in [2.05, 4.69) is 28.0 Å². The normalized spacial score (nSPS) is 13.4. The average Bonchev–Trinajstić information content (AvgIpc) is 2.93. The Balaban J connectivity index is 1.64. The van der Waals surface area contributed by atoms with Crippen molar-refractivity contribution in [2.45, 2.75) is 19.9 Å². The first-order chi connectivity index (χ1) is 11.1. The number of amides is 2. The summed E-state index contributed by atoms with van der Waals surface area (Å²) in [6.07, 6.45) is 2.27. The third-order valence-electron chi connectivity index (χ3n) is 3.70. The van der Waals surface area contributed by atoms with E-state index in [4.69, 9.17) is 0 Å². The highest BCUT2D eigenvalue weighted by Crippen LogP contribution is 2.27. The number of thiophene rings is 1. The summed E-state index contributed by atoms with van der Waals surface area (Å²) in [4.78, 5) is 32.2. The molecule has 1 aliphatic rings. The zero-order chi connectivity index (χ0) is 16.4. The lowest BCUT2D eigenvalue weighted by molar-refractivity contribution is 0.0600. The molecule has 0 aromatic carbocycles. The number of anilines is 1. The van der Waals surface area contributed by atoms with Gasteiger partial charge in [-0.05, 0) is 37.1 Å². The lowest BCUT2D eigenvalue weighted by Crippen LogP contribution is -2.38. The lowest BCUT2D eigenvalue weighted by atomic mass is 10.1. The van der Waals surface area contributed by atoms with Crippen LogP contribution in [0.15, 0.2) is 24.4 Å². The molecule has 0 radical (unpaired) electrons. The van der Waals surface area contributed by atoms with Crippen molar-refractivity contribution in [2.75, 3.05) is 19.0 Å². The Morgan fingerprint density at radius 2 is 2.22 bits per heavy atom. The second kappa shape index (κ2) is 6.37. The summed E-state index contributed by atoms with van der Waals surface area (Å²) in [6, 6.07) is 5.13. The molecular formula is C16H17N3O3S. The van der Waals surface area contributed by atoms with Gasteiger partial charge in [-0.25, -0.2) is 14.6 Å². The quantitative estimate of drug-likeness (QED) is 0.859. The van der Waals surface area contributed by atoms with Gasteiger partial charge in [-0.2, -0.15) is 0 Å². The number of urea groups is 1. The van der Waals surface area contributed by atoms with Crippen molar-refractivity contribution in [1.82, 2.24) is 9.88 Å². The molecule has 0 spiro atoms. The summed E-state index contributed by atoms with van der Waals surface area (Å²) >= 11 is 1.80. The van der Waals surface area contributed by atoms with Crippen LogP contribution in [-0.2, 0) is 17.7 Å². The molecule has 0 saturated carbocycles. The van der Waals surface area contributed by atoms with Gasteiger partial charge in [0.15, 0.2) is 0 Å². The molecule has 7 heteroatoms. The number of carbonyl (C=O) groups is 2. The second-order valence-electron chi connectivity index (χ2n) is 5.33. The van der Waals surface area contributed by atoms with Crippen molar-refractivity contribution in [3.05, 3.63) is 45.3 Å². The van der Waals surface area contributed by atoms with Crippen LogP contribution in [0.5, 0.6) is 0 Å². The van der Waals surface area contributed by atoms with E-state index in [-0.39, 0.29) is 6.03 Å². The smallest absolute Gasteiger partial charge is 0.339 e. The maximum absolute atomic E-state index is 12.3. The first-order valence-electron chi connectivity index (χ1n) is 7.25. The largest absolute Gasteiger partial charge is 0.465 e. The molecule has 0 unspecified atom stereocenters. The zero-order valence-electron chi connectivity index (χ0n) is 13.0. The first kappa shape index (κ1) is 15.5. The third kappa shape index (κ3) is 3.34. The summed E-state index contributed by atoms with van der Waals surface area (Å²) in [5.74, 6) is -0.0401. The topological polar surface area (TPSA) is 71.5 Å². The molecule has 2 aromatic heterocycles. The number of hydrogen-bond acceptors (Lipinski definition) is 5. The standard InChI is InChI=1S/C16H17N3O3S/c1-10-7-12-9-19(6-5-13(12)23-10)16(21)18-14-4-3-11(8-17-14)15(20)22-2/h3-4,7-8H,5-6,9H2,1-2H3,(H,17,18,21). The number of rotatable bonds is 2. The Kier molecular flexibility index (Phi) is 4.29. The maximum Gasteiger partial charge on any atom is 0.339 e. The third-order valence-corrected chi connectivity index (χ3v) is 4.85. The summed E-state index contributed by atoms with van der Waals surface area (Å²) < 4.78 is 4.61. The molecule has 3 heterocycles. The Morgan fingerprint density at radius 1 is 1.39 bits per heavy atom. The number of methoxy groups -OCH3 is 1. The van der Waals surface area contributed by atoms with E-state index in [1.54, 1.807) is 28.4 Å². The molecule has 23 heavy (non-hydrogen) atoms. The van der Waals surface area contributed by atoms with Gasteiger partial charge in [0.05, 0.1) is 12.7 Å². The summed E-state index contributed by atoms with van der Waals surface area (Å²) in [7, 11) is 1.31. The van der Waals surface area contributed by atoms with Crippen LogP contribution in [0.3, 0.4) is 0 Å². The fraction of sp³-hybridized carbons (Fsp3) is 0.312. The number of aryl methyl sites for hydroxylation is 1. The fourth-order valence-electron chi connectivity index (χ4n) is 2.55. The van der Waals surface area contributed by atoms with Crippen LogP contribution in [0.2, 0.25) is 0 Å². The minimum atomic E-state index is -0.452. The fourth-order valence-corrected chi connectivity index (χ4v) is 3.59. The lowest BCUT2D eigenvalue weighted by Gasteiger charge is -2.26. The Morgan fingerprint density at radius 3 is 2.91 bits per heavy atom. The minimum Gasteiger partial charge on any atom is -0.465 e. The second-order valence-corrected chi connectivity index (χ2v) is 6.67. The molecule has 120 valence electrons. The minimum absolute atomic E-state index is 0.183. The Hall–Kier alpha value is -2.41. The maximum atomic E-state index is 12.3. The van der Waals surface area contributed by atoms with Gasteiger partial charge in [0.25, 0.3) is 0 Å². The van der Waals surface area contributed by atoms with Crippen LogP contribution in [0.1, 0.15) is 25.7 Å². The summed E-state index contributed by atoms with van der Waals surface area (Å²) in [5.41, 5.74) is 1.57. The van der Waals surface area contributed by atoms with Crippen LogP contribution in [0.25, 0.3) is 0 Å². The van der Waals surface area contributed by atoms with Crippen LogP contribution >= 0.6 is 11.3 Å². The molecule has 1 aliphatic heterocycles.